The molecular weight excluding hydrogens is 362 g/mol. The van der Waals surface area contributed by atoms with Gasteiger partial charge in [0.1, 0.15) is 12.4 Å². The second-order valence-corrected chi connectivity index (χ2v) is 6.84. The number of halogens is 2. The zero-order valence-electron chi connectivity index (χ0n) is 10.8. The summed E-state index contributed by atoms with van der Waals surface area (Å²) < 4.78 is 6.51. The van der Waals surface area contributed by atoms with Crippen LogP contribution in [0.1, 0.15) is 10.4 Å². The lowest BCUT2D eigenvalue weighted by Crippen LogP contribution is -2.30. The van der Waals surface area contributed by atoms with Crippen molar-refractivity contribution in [2.24, 2.45) is 0 Å². The van der Waals surface area contributed by atoms with Crippen LogP contribution in [0.4, 0.5) is 0 Å². The predicted octanol–water partition coefficient (Wildman–Crippen LogP) is 4.32. The summed E-state index contributed by atoms with van der Waals surface area (Å²) in [5.74, 6) is 0.614. The molecule has 0 saturated heterocycles. The molecule has 1 heterocycles. The van der Waals surface area contributed by atoms with Crippen LogP contribution in [0.15, 0.2) is 39.5 Å². The van der Waals surface area contributed by atoms with Gasteiger partial charge in [-0.15, -0.1) is 11.3 Å². The van der Waals surface area contributed by atoms with Crippen LogP contribution in [0.25, 0.3) is 0 Å². The summed E-state index contributed by atoms with van der Waals surface area (Å²) >= 11 is 10.8. The van der Waals surface area contributed by atoms with E-state index in [1.54, 1.807) is 24.1 Å². The van der Waals surface area contributed by atoms with Crippen LogP contribution in [-0.4, -0.2) is 31.0 Å². The number of hydrogen-bond acceptors (Lipinski definition) is 3. The van der Waals surface area contributed by atoms with E-state index >= 15 is 0 Å². The molecule has 0 radical (unpaired) electrons. The van der Waals surface area contributed by atoms with E-state index in [9.17, 15) is 4.79 Å². The maximum Gasteiger partial charge on any atom is 0.254 e. The SMILES string of the molecule is CN(CCOc1ccccc1Cl)C(=O)c1csc(Br)c1. The molecule has 20 heavy (non-hydrogen) atoms. The van der Waals surface area contributed by atoms with Crippen LogP contribution in [0.2, 0.25) is 5.02 Å². The molecular formula is C14H13BrClNO2S. The van der Waals surface area contributed by atoms with Gasteiger partial charge in [-0.25, -0.2) is 0 Å². The first-order valence-electron chi connectivity index (χ1n) is 5.95. The van der Waals surface area contributed by atoms with E-state index in [1.165, 1.54) is 11.3 Å². The summed E-state index contributed by atoms with van der Waals surface area (Å²) in [5, 5.41) is 2.40. The molecule has 0 aliphatic carbocycles. The molecule has 1 amide bonds. The van der Waals surface area contributed by atoms with Crippen molar-refractivity contribution in [2.75, 3.05) is 20.2 Å². The van der Waals surface area contributed by atoms with Gasteiger partial charge in [0.2, 0.25) is 0 Å². The van der Waals surface area contributed by atoms with E-state index in [0.29, 0.717) is 29.5 Å². The number of ether oxygens (including phenoxy) is 1. The molecule has 2 rings (SSSR count). The Morgan fingerprint density at radius 2 is 2.20 bits per heavy atom. The smallest absolute Gasteiger partial charge is 0.254 e. The molecule has 0 aliphatic heterocycles. The Kier molecular flexibility index (Phi) is 5.46. The lowest BCUT2D eigenvalue weighted by molar-refractivity contribution is 0.0774. The van der Waals surface area contributed by atoms with Gasteiger partial charge in [-0.3, -0.25) is 4.79 Å². The number of nitrogens with zero attached hydrogens (tertiary/aromatic N) is 1. The van der Waals surface area contributed by atoms with Crippen molar-refractivity contribution in [3.63, 3.8) is 0 Å². The van der Waals surface area contributed by atoms with Gasteiger partial charge in [0.15, 0.2) is 0 Å². The van der Waals surface area contributed by atoms with Crippen LogP contribution < -0.4 is 4.74 Å². The first kappa shape index (κ1) is 15.4. The van der Waals surface area contributed by atoms with Gasteiger partial charge < -0.3 is 9.64 Å². The van der Waals surface area contributed by atoms with Gasteiger partial charge in [-0.1, -0.05) is 23.7 Å². The van der Waals surface area contributed by atoms with Crippen molar-refractivity contribution in [2.45, 2.75) is 0 Å². The number of likely N-dealkylation sites (N-methyl/N-ethyl adjacent to an activating group) is 1. The number of carbonyl (C=O) groups is 1. The maximum atomic E-state index is 12.1. The maximum absolute atomic E-state index is 12.1. The van der Waals surface area contributed by atoms with Crippen LogP contribution >= 0.6 is 38.9 Å². The molecule has 0 atom stereocenters. The molecule has 0 spiro atoms. The number of benzene rings is 1. The third-order valence-corrected chi connectivity index (χ3v) is 4.50. The highest BCUT2D eigenvalue weighted by molar-refractivity contribution is 9.11. The molecule has 3 nitrogen and oxygen atoms in total. The zero-order chi connectivity index (χ0) is 14.5. The minimum Gasteiger partial charge on any atom is -0.490 e. The molecule has 0 fully saturated rings. The van der Waals surface area contributed by atoms with Crippen LogP contribution in [-0.2, 0) is 0 Å². The molecule has 106 valence electrons. The monoisotopic (exact) mass is 373 g/mol. The van der Waals surface area contributed by atoms with Gasteiger partial charge in [-0.2, -0.15) is 0 Å². The van der Waals surface area contributed by atoms with Crippen molar-refractivity contribution in [1.29, 1.82) is 0 Å². The summed E-state index contributed by atoms with van der Waals surface area (Å²) in [5.41, 5.74) is 0.683. The Hall–Kier alpha value is -1.04. The van der Waals surface area contributed by atoms with E-state index in [-0.39, 0.29) is 5.91 Å². The molecule has 0 saturated carbocycles. The Bertz CT molecular complexity index is 602. The fourth-order valence-corrected chi connectivity index (χ4v) is 2.92. The van der Waals surface area contributed by atoms with Gasteiger partial charge in [0, 0.05) is 12.4 Å². The van der Waals surface area contributed by atoms with Crippen LogP contribution in [0.5, 0.6) is 5.75 Å². The Morgan fingerprint density at radius 3 is 2.85 bits per heavy atom. The zero-order valence-corrected chi connectivity index (χ0v) is 14.0. The quantitative estimate of drug-likeness (QED) is 0.780. The molecule has 6 heteroatoms. The highest BCUT2D eigenvalue weighted by Gasteiger charge is 2.13. The minimum absolute atomic E-state index is 0.0188. The summed E-state index contributed by atoms with van der Waals surface area (Å²) in [4.78, 5) is 13.7. The van der Waals surface area contributed by atoms with Gasteiger partial charge >= 0.3 is 0 Å². The molecule has 0 bridgehead atoms. The Labute approximate surface area is 135 Å². The number of carbonyl (C=O) groups excluding carboxylic acids is 1. The number of thiophene rings is 1. The summed E-state index contributed by atoms with van der Waals surface area (Å²) in [7, 11) is 1.75. The Morgan fingerprint density at radius 1 is 1.45 bits per heavy atom. The highest BCUT2D eigenvalue weighted by Crippen LogP contribution is 2.23. The molecule has 0 unspecified atom stereocenters. The van der Waals surface area contributed by atoms with E-state index in [1.807, 2.05) is 23.6 Å². The second-order valence-electron chi connectivity index (χ2n) is 4.15. The van der Waals surface area contributed by atoms with Crippen molar-refractivity contribution in [3.05, 3.63) is 50.1 Å². The third kappa shape index (κ3) is 3.98. The van der Waals surface area contributed by atoms with Crippen LogP contribution in [0.3, 0.4) is 0 Å². The number of rotatable bonds is 5. The predicted molar refractivity (Wildman–Crippen MR) is 85.9 cm³/mol. The fourth-order valence-electron chi connectivity index (χ4n) is 1.60. The lowest BCUT2D eigenvalue weighted by atomic mass is 10.3. The summed E-state index contributed by atoms with van der Waals surface area (Å²) in [6, 6.07) is 9.10. The van der Waals surface area contributed by atoms with Crippen molar-refractivity contribution in [3.8, 4) is 5.75 Å². The fraction of sp³-hybridized carbons (Fsp3) is 0.214. The molecule has 0 aliphatic rings. The van der Waals surface area contributed by atoms with E-state index in [0.717, 1.165) is 3.79 Å². The minimum atomic E-state index is -0.0188. The van der Waals surface area contributed by atoms with E-state index in [2.05, 4.69) is 15.9 Å². The van der Waals surface area contributed by atoms with Gasteiger partial charge in [0.05, 0.1) is 20.9 Å². The second kappa shape index (κ2) is 7.11. The average molecular weight is 375 g/mol. The lowest BCUT2D eigenvalue weighted by Gasteiger charge is -2.17. The standard InChI is InChI=1S/C14H13BrClNO2S/c1-17(14(18)10-8-13(15)20-9-10)6-7-19-12-5-3-2-4-11(12)16/h2-5,8-9H,6-7H2,1H3. The first-order chi connectivity index (χ1) is 9.58. The normalized spacial score (nSPS) is 10.3. The van der Waals surface area contributed by atoms with Crippen molar-refractivity contribution in [1.82, 2.24) is 4.90 Å². The molecule has 2 aromatic rings. The largest absolute Gasteiger partial charge is 0.490 e. The van der Waals surface area contributed by atoms with Crippen molar-refractivity contribution >= 4 is 44.8 Å². The molecule has 1 aromatic carbocycles. The topological polar surface area (TPSA) is 29.5 Å². The third-order valence-electron chi connectivity index (χ3n) is 2.68. The summed E-state index contributed by atoms with van der Waals surface area (Å²) in [6.07, 6.45) is 0. The van der Waals surface area contributed by atoms with Gasteiger partial charge in [-0.05, 0) is 34.1 Å². The number of hydrogen-bond donors (Lipinski definition) is 0. The van der Waals surface area contributed by atoms with E-state index in [4.69, 9.17) is 16.3 Å². The molecule has 1 aromatic heterocycles. The van der Waals surface area contributed by atoms with Crippen molar-refractivity contribution < 1.29 is 9.53 Å². The van der Waals surface area contributed by atoms with Gasteiger partial charge in [0.25, 0.3) is 5.91 Å². The average Bonchev–Trinajstić information content (AvgIpc) is 2.86. The number of para-hydroxylation sites is 1. The summed E-state index contributed by atoms with van der Waals surface area (Å²) in [6.45, 7) is 0.898. The van der Waals surface area contributed by atoms with E-state index < -0.39 is 0 Å². The first-order valence-corrected chi connectivity index (χ1v) is 8.00. The van der Waals surface area contributed by atoms with Crippen LogP contribution in [0, 0.1) is 0 Å². The number of amides is 1. The highest BCUT2D eigenvalue weighted by atomic mass is 79.9. The Balaban J connectivity index is 1.85. The molecule has 0 N–H and O–H groups in total.